The molecule has 0 bridgehead atoms. The number of aromatic nitrogens is 2. The van der Waals surface area contributed by atoms with E-state index in [1.807, 2.05) is 6.07 Å². The quantitative estimate of drug-likeness (QED) is 0.937. The van der Waals surface area contributed by atoms with Crippen molar-refractivity contribution in [3.05, 3.63) is 18.0 Å². The molecule has 1 aliphatic heterocycles. The third kappa shape index (κ3) is 2.67. The Kier molecular flexibility index (Phi) is 3.89. The molecule has 5 heteroatoms. The molecule has 23 heavy (non-hydrogen) atoms. The summed E-state index contributed by atoms with van der Waals surface area (Å²) >= 11 is 0. The Hall–Kier alpha value is -1.75. The van der Waals surface area contributed by atoms with Crippen LogP contribution >= 0.6 is 0 Å². The van der Waals surface area contributed by atoms with Crippen molar-refractivity contribution < 1.29 is 9.47 Å². The molecule has 1 aromatic heterocycles. The lowest BCUT2D eigenvalue weighted by Crippen LogP contribution is -2.27. The van der Waals surface area contributed by atoms with Crippen LogP contribution in [0.1, 0.15) is 57.2 Å². The van der Waals surface area contributed by atoms with E-state index in [1.54, 1.807) is 0 Å². The van der Waals surface area contributed by atoms with Crippen LogP contribution in [0.25, 0.3) is 11.0 Å². The monoisotopic (exact) mass is 315 g/mol. The molecule has 124 valence electrons. The third-order valence-corrected chi connectivity index (χ3v) is 5.18. The Balaban J connectivity index is 1.81. The second-order valence-electron chi connectivity index (χ2n) is 6.78. The zero-order valence-electron chi connectivity index (χ0n) is 13.8. The summed E-state index contributed by atoms with van der Waals surface area (Å²) in [4.78, 5) is 4.97. The standard InChI is InChI=1S/C18H25N3O2/c1-2-13(19)10-21-15-9-17-16(22-11-23-17)8-14(15)20-18(21)12-6-4-3-5-7-12/h8-9,12-13H,2-7,10-11,19H2,1H3. The van der Waals surface area contributed by atoms with Crippen molar-refractivity contribution in [2.75, 3.05) is 6.79 Å². The highest BCUT2D eigenvalue weighted by molar-refractivity contribution is 5.81. The largest absolute Gasteiger partial charge is 0.454 e. The number of hydrogen-bond donors (Lipinski definition) is 1. The van der Waals surface area contributed by atoms with Gasteiger partial charge in [0.15, 0.2) is 11.5 Å². The molecule has 2 aliphatic rings. The molecule has 1 aromatic carbocycles. The first-order chi connectivity index (χ1) is 11.3. The minimum atomic E-state index is 0.153. The van der Waals surface area contributed by atoms with Crippen LogP contribution in [0, 0.1) is 0 Å². The highest BCUT2D eigenvalue weighted by Crippen LogP contribution is 2.39. The summed E-state index contributed by atoms with van der Waals surface area (Å²) in [6.07, 6.45) is 7.39. The molecule has 4 rings (SSSR count). The van der Waals surface area contributed by atoms with Gasteiger partial charge in [-0.05, 0) is 19.3 Å². The van der Waals surface area contributed by atoms with Crippen LogP contribution in [0.3, 0.4) is 0 Å². The number of nitrogens with two attached hydrogens (primary N) is 1. The van der Waals surface area contributed by atoms with Gasteiger partial charge in [-0.15, -0.1) is 0 Å². The second-order valence-corrected chi connectivity index (χ2v) is 6.78. The molecule has 1 atom stereocenters. The lowest BCUT2D eigenvalue weighted by atomic mass is 9.88. The SMILES string of the molecule is CCC(N)Cn1c(C2CCCCC2)nc2cc3c(cc21)OCO3. The first-order valence-corrected chi connectivity index (χ1v) is 8.81. The fraction of sp³-hybridized carbons (Fsp3) is 0.611. The fourth-order valence-corrected chi connectivity index (χ4v) is 3.76. The number of fused-ring (bicyclic) bond motifs is 2. The van der Waals surface area contributed by atoms with E-state index < -0.39 is 0 Å². The topological polar surface area (TPSA) is 62.3 Å². The molecule has 2 N–H and O–H groups in total. The second kappa shape index (κ2) is 6.04. The van der Waals surface area contributed by atoms with Gasteiger partial charge < -0.3 is 19.8 Å². The van der Waals surface area contributed by atoms with E-state index in [2.05, 4.69) is 17.6 Å². The normalized spacial score (nSPS) is 19.4. The van der Waals surface area contributed by atoms with Crippen LogP contribution in [0.15, 0.2) is 12.1 Å². The zero-order chi connectivity index (χ0) is 15.8. The molecule has 0 saturated heterocycles. The molecule has 1 aliphatic carbocycles. The van der Waals surface area contributed by atoms with Crippen molar-refractivity contribution >= 4 is 11.0 Å². The molecule has 0 spiro atoms. The molecular formula is C18H25N3O2. The summed E-state index contributed by atoms with van der Waals surface area (Å²) in [5.41, 5.74) is 8.38. The number of imidazole rings is 1. The van der Waals surface area contributed by atoms with Crippen molar-refractivity contribution in [2.45, 2.75) is 64.0 Å². The van der Waals surface area contributed by atoms with Crippen LogP contribution in [0.4, 0.5) is 0 Å². The Morgan fingerprint density at radius 2 is 1.96 bits per heavy atom. The van der Waals surface area contributed by atoms with Crippen LogP contribution in [-0.2, 0) is 6.54 Å². The van der Waals surface area contributed by atoms with Gasteiger partial charge in [-0.3, -0.25) is 0 Å². The summed E-state index contributed by atoms with van der Waals surface area (Å²) in [5.74, 6) is 3.38. The van der Waals surface area contributed by atoms with Gasteiger partial charge in [0.2, 0.25) is 6.79 Å². The summed E-state index contributed by atoms with van der Waals surface area (Å²) < 4.78 is 13.4. The lowest BCUT2D eigenvalue weighted by molar-refractivity contribution is 0.174. The molecule has 0 radical (unpaired) electrons. The summed E-state index contributed by atoms with van der Waals surface area (Å²) in [6.45, 7) is 3.25. The molecule has 1 unspecified atom stereocenters. The van der Waals surface area contributed by atoms with E-state index in [0.29, 0.717) is 12.7 Å². The van der Waals surface area contributed by atoms with E-state index in [-0.39, 0.29) is 6.04 Å². The minimum absolute atomic E-state index is 0.153. The maximum Gasteiger partial charge on any atom is 0.231 e. The maximum atomic E-state index is 6.26. The minimum Gasteiger partial charge on any atom is -0.454 e. The van der Waals surface area contributed by atoms with Gasteiger partial charge in [0.1, 0.15) is 5.82 Å². The molecule has 1 fully saturated rings. The molecule has 5 nitrogen and oxygen atoms in total. The predicted octanol–water partition coefficient (Wildman–Crippen LogP) is 3.55. The molecule has 2 aromatic rings. The van der Waals surface area contributed by atoms with E-state index >= 15 is 0 Å². The highest BCUT2D eigenvalue weighted by atomic mass is 16.7. The van der Waals surface area contributed by atoms with Crippen molar-refractivity contribution in [3.8, 4) is 11.5 Å². The van der Waals surface area contributed by atoms with Gasteiger partial charge in [-0.2, -0.15) is 0 Å². The third-order valence-electron chi connectivity index (χ3n) is 5.18. The molecule has 1 saturated carbocycles. The van der Waals surface area contributed by atoms with Crippen LogP contribution in [0.2, 0.25) is 0 Å². The van der Waals surface area contributed by atoms with Gasteiger partial charge in [-0.1, -0.05) is 26.2 Å². The average Bonchev–Trinajstić information content (AvgIpc) is 3.18. The Morgan fingerprint density at radius 1 is 1.22 bits per heavy atom. The highest BCUT2D eigenvalue weighted by Gasteiger charge is 2.25. The van der Waals surface area contributed by atoms with Crippen molar-refractivity contribution in [2.24, 2.45) is 5.73 Å². The van der Waals surface area contributed by atoms with Crippen molar-refractivity contribution in [3.63, 3.8) is 0 Å². The number of nitrogens with zero attached hydrogens (tertiary/aromatic N) is 2. The van der Waals surface area contributed by atoms with Crippen LogP contribution < -0.4 is 15.2 Å². The average molecular weight is 315 g/mol. The van der Waals surface area contributed by atoms with Gasteiger partial charge >= 0.3 is 0 Å². The number of benzene rings is 1. The predicted molar refractivity (Wildman–Crippen MR) is 89.9 cm³/mol. The first kappa shape index (κ1) is 14.8. The Morgan fingerprint density at radius 3 is 2.70 bits per heavy atom. The molecule has 0 amide bonds. The van der Waals surface area contributed by atoms with Crippen LogP contribution in [0.5, 0.6) is 11.5 Å². The van der Waals surface area contributed by atoms with E-state index in [4.69, 9.17) is 20.2 Å². The van der Waals surface area contributed by atoms with Gasteiger partial charge in [0.25, 0.3) is 0 Å². The number of ether oxygens (including phenoxy) is 2. The fourth-order valence-electron chi connectivity index (χ4n) is 3.76. The van der Waals surface area contributed by atoms with Gasteiger partial charge in [0, 0.05) is 30.6 Å². The molecular weight excluding hydrogens is 290 g/mol. The number of rotatable bonds is 4. The Bertz CT molecular complexity index is 704. The van der Waals surface area contributed by atoms with Gasteiger partial charge in [0.05, 0.1) is 11.0 Å². The van der Waals surface area contributed by atoms with Crippen molar-refractivity contribution in [1.82, 2.24) is 9.55 Å². The zero-order valence-corrected chi connectivity index (χ0v) is 13.8. The summed E-state index contributed by atoms with van der Waals surface area (Å²) in [5, 5.41) is 0. The summed E-state index contributed by atoms with van der Waals surface area (Å²) in [7, 11) is 0. The lowest BCUT2D eigenvalue weighted by Gasteiger charge is -2.23. The molecule has 2 heterocycles. The van der Waals surface area contributed by atoms with E-state index in [0.717, 1.165) is 35.5 Å². The maximum absolute atomic E-state index is 6.26. The summed E-state index contributed by atoms with van der Waals surface area (Å²) in [6, 6.07) is 4.23. The smallest absolute Gasteiger partial charge is 0.231 e. The Labute approximate surface area is 136 Å². The van der Waals surface area contributed by atoms with E-state index in [9.17, 15) is 0 Å². The number of hydrogen-bond acceptors (Lipinski definition) is 4. The van der Waals surface area contributed by atoms with Crippen molar-refractivity contribution in [1.29, 1.82) is 0 Å². The van der Waals surface area contributed by atoms with E-state index in [1.165, 1.54) is 37.9 Å². The first-order valence-electron chi connectivity index (χ1n) is 8.81. The van der Waals surface area contributed by atoms with Crippen LogP contribution in [-0.4, -0.2) is 22.4 Å². The van der Waals surface area contributed by atoms with Gasteiger partial charge in [-0.25, -0.2) is 4.98 Å².